The van der Waals surface area contributed by atoms with Crippen LogP contribution in [0, 0.1) is 0 Å². The molecular weight excluding hydrogens is 318 g/mol. The molecule has 8 nitrogen and oxygen atoms in total. The van der Waals surface area contributed by atoms with Crippen LogP contribution in [0.1, 0.15) is 37.2 Å². The van der Waals surface area contributed by atoms with Crippen LogP contribution in [-0.4, -0.2) is 35.9 Å². The Morgan fingerprint density at radius 3 is 2.92 bits per heavy atom. The van der Waals surface area contributed by atoms with E-state index in [2.05, 4.69) is 38.1 Å². The number of hydrogen-bond acceptors (Lipinski definition) is 6. The molecule has 0 unspecified atom stereocenters. The zero-order chi connectivity index (χ0) is 17.4. The highest BCUT2D eigenvalue weighted by molar-refractivity contribution is 5.49. The second-order valence-corrected chi connectivity index (χ2v) is 6.27. The van der Waals surface area contributed by atoms with Crippen LogP contribution < -0.4 is 10.5 Å². The highest BCUT2D eigenvalue weighted by Gasteiger charge is 2.22. The molecule has 4 heterocycles. The van der Waals surface area contributed by atoms with Gasteiger partial charge in [0.15, 0.2) is 0 Å². The molecule has 1 aliphatic heterocycles. The molecule has 0 N–H and O–H groups in total. The summed E-state index contributed by atoms with van der Waals surface area (Å²) in [5.41, 5.74) is 2.97. The van der Waals surface area contributed by atoms with E-state index in [0.29, 0.717) is 18.9 Å². The summed E-state index contributed by atoms with van der Waals surface area (Å²) in [4.78, 5) is 23.1. The summed E-state index contributed by atoms with van der Waals surface area (Å²) >= 11 is 0. The maximum Gasteiger partial charge on any atom is 0.267 e. The van der Waals surface area contributed by atoms with Crippen molar-refractivity contribution in [3.8, 4) is 0 Å². The van der Waals surface area contributed by atoms with Gasteiger partial charge in [-0.3, -0.25) is 4.79 Å². The summed E-state index contributed by atoms with van der Waals surface area (Å²) in [5, 5.41) is 8.81. The molecule has 8 heteroatoms. The van der Waals surface area contributed by atoms with Crippen LogP contribution in [0.25, 0.3) is 5.78 Å². The van der Waals surface area contributed by atoms with Crippen LogP contribution in [-0.2, 0) is 25.9 Å². The van der Waals surface area contributed by atoms with Crippen molar-refractivity contribution >= 4 is 11.6 Å². The zero-order valence-corrected chi connectivity index (χ0v) is 14.5. The van der Waals surface area contributed by atoms with Gasteiger partial charge < -0.3 is 4.90 Å². The first kappa shape index (κ1) is 15.7. The lowest BCUT2D eigenvalue weighted by molar-refractivity contribution is 0.570. The zero-order valence-electron chi connectivity index (χ0n) is 14.5. The van der Waals surface area contributed by atoms with Gasteiger partial charge in [0.2, 0.25) is 0 Å². The molecule has 0 aliphatic carbocycles. The number of hydrogen-bond donors (Lipinski definition) is 0. The van der Waals surface area contributed by atoms with Crippen molar-refractivity contribution < 1.29 is 0 Å². The summed E-state index contributed by atoms with van der Waals surface area (Å²) in [6.07, 6.45) is 4.27. The molecule has 0 amide bonds. The van der Waals surface area contributed by atoms with Crippen molar-refractivity contribution in [1.82, 2.24) is 29.4 Å². The molecule has 0 bridgehead atoms. The van der Waals surface area contributed by atoms with E-state index in [1.807, 2.05) is 6.92 Å². The molecule has 4 rings (SSSR count). The maximum absolute atomic E-state index is 12.1. The third-order valence-electron chi connectivity index (χ3n) is 4.56. The minimum Gasteiger partial charge on any atom is -0.352 e. The molecule has 3 aromatic heterocycles. The van der Waals surface area contributed by atoms with Crippen LogP contribution in [0.2, 0.25) is 0 Å². The molecule has 3 aromatic rings. The van der Waals surface area contributed by atoms with Crippen molar-refractivity contribution in [3.63, 3.8) is 0 Å². The predicted octanol–water partition coefficient (Wildman–Crippen LogP) is 1.22. The fraction of sp³-hybridized carbons (Fsp3) is 0.471. The van der Waals surface area contributed by atoms with E-state index in [0.717, 1.165) is 48.6 Å². The molecule has 0 saturated heterocycles. The van der Waals surface area contributed by atoms with Gasteiger partial charge in [-0.2, -0.15) is 19.7 Å². The van der Waals surface area contributed by atoms with Crippen LogP contribution in [0.15, 0.2) is 23.3 Å². The van der Waals surface area contributed by atoms with Crippen molar-refractivity contribution in [2.75, 3.05) is 11.4 Å². The van der Waals surface area contributed by atoms with Gasteiger partial charge in [-0.1, -0.05) is 13.3 Å². The van der Waals surface area contributed by atoms with Gasteiger partial charge >= 0.3 is 0 Å². The second kappa shape index (κ2) is 6.27. The van der Waals surface area contributed by atoms with E-state index in [9.17, 15) is 4.79 Å². The van der Waals surface area contributed by atoms with Crippen LogP contribution in [0.3, 0.4) is 0 Å². The van der Waals surface area contributed by atoms with Gasteiger partial charge in [-0.25, -0.2) is 9.67 Å². The number of aromatic nitrogens is 6. The number of fused-ring (bicyclic) bond motifs is 2. The summed E-state index contributed by atoms with van der Waals surface area (Å²) in [6.45, 7) is 6.14. The lowest BCUT2D eigenvalue weighted by Crippen LogP contribution is -2.36. The smallest absolute Gasteiger partial charge is 0.267 e. The SMILES string of the molecule is CCCc1cc(N2CCc3nn(CC)c(=O)cc3C2)n2ncnc2n1. The summed E-state index contributed by atoms with van der Waals surface area (Å²) < 4.78 is 3.29. The lowest BCUT2D eigenvalue weighted by atomic mass is 10.1. The highest BCUT2D eigenvalue weighted by Crippen LogP contribution is 2.23. The first-order valence-corrected chi connectivity index (χ1v) is 8.74. The monoisotopic (exact) mass is 339 g/mol. The van der Waals surface area contributed by atoms with E-state index < -0.39 is 0 Å². The largest absolute Gasteiger partial charge is 0.352 e. The van der Waals surface area contributed by atoms with Gasteiger partial charge in [-0.05, 0) is 13.3 Å². The fourth-order valence-corrected chi connectivity index (χ4v) is 3.31. The van der Waals surface area contributed by atoms with E-state index in [-0.39, 0.29) is 5.56 Å². The van der Waals surface area contributed by atoms with Crippen molar-refractivity contribution in [2.24, 2.45) is 0 Å². The Balaban J connectivity index is 1.74. The number of aryl methyl sites for hydroxylation is 2. The van der Waals surface area contributed by atoms with E-state index >= 15 is 0 Å². The number of nitrogens with zero attached hydrogens (tertiary/aromatic N) is 7. The Morgan fingerprint density at radius 1 is 1.24 bits per heavy atom. The Kier molecular flexibility index (Phi) is 3.95. The quantitative estimate of drug-likeness (QED) is 0.711. The third kappa shape index (κ3) is 2.77. The normalized spacial score (nSPS) is 14.1. The van der Waals surface area contributed by atoms with Crippen molar-refractivity contribution in [3.05, 3.63) is 45.8 Å². The number of rotatable bonds is 4. The van der Waals surface area contributed by atoms with Crippen LogP contribution >= 0.6 is 0 Å². The van der Waals surface area contributed by atoms with Gasteiger partial charge in [0.1, 0.15) is 12.1 Å². The molecular formula is C17H21N7O. The van der Waals surface area contributed by atoms with E-state index in [1.54, 1.807) is 10.6 Å². The topological polar surface area (TPSA) is 81.2 Å². The Hall–Kier alpha value is -2.77. The summed E-state index contributed by atoms with van der Waals surface area (Å²) in [6, 6.07) is 3.79. The fourth-order valence-electron chi connectivity index (χ4n) is 3.31. The molecule has 0 fully saturated rings. The predicted molar refractivity (Wildman–Crippen MR) is 93.7 cm³/mol. The Morgan fingerprint density at radius 2 is 2.12 bits per heavy atom. The highest BCUT2D eigenvalue weighted by atomic mass is 16.1. The van der Waals surface area contributed by atoms with Gasteiger partial charge in [0.05, 0.1) is 5.69 Å². The lowest BCUT2D eigenvalue weighted by Gasteiger charge is -2.30. The third-order valence-corrected chi connectivity index (χ3v) is 4.56. The molecule has 130 valence electrons. The maximum atomic E-state index is 12.1. The average molecular weight is 339 g/mol. The first-order valence-electron chi connectivity index (χ1n) is 8.74. The number of anilines is 1. The minimum absolute atomic E-state index is 0.0459. The second-order valence-electron chi connectivity index (χ2n) is 6.27. The summed E-state index contributed by atoms with van der Waals surface area (Å²) in [7, 11) is 0. The van der Waals surface area contributed by atoms with E-state index in [4.69, 9.17) is 0 Å². The van der Waals surface area contributed by atoms with Gasteiger partial charge in [0, 0.05) is 49.4 Å². The Bertz CT molecular complexity index is 975. The van der Waals surface area contributed by atoms with Crippen LogP contribution in [0.5, 0.6) is 0 Å². The molecule has 1 aliphatic rings. The average Bonchev–Trinajstić information content (AvgIpc) is 3.08. The molecule has 0 atom stereocenters. The minimum atomic E-state index is -0.0459. The van der Waals surface area contributed by atoms with Gasteiger partial charge in [0.25, 0.3) is 11.3 Å². The van der Waals surface area contributed by atoms with Crippen molar-refractivity contribution in [2.45, 2.75) is 46.2 Å². The first-order chi connectivity index (χ1) is 12.2. The molecule has 0 saturated carbocycles. The standard InChI is InChI=1S/C17H21N7O/c1-3-5-13-9-15(24-17(20-13)18-11-19-24)22-7-6-14-12(10-22)8-16(25)23(4-2)21-14/h8-9,11H,3-7,10H2,1-2H3. The molecule has 0 aromatic carbocycles. The van der Waals surface area contributed by atoms with Gasteiger partial charge in [-0.15, -0.1) is 0 Å². The van der Waals surface area contributed by atoms with Crippen LogP contribution in [0.4, 0.5) is 5.82 Å². The molecule has 0 radical (unpaired) electrons. The summed E-state index contributed by atoms with van der Waals surface area (Å²) in [5.74, 6) is 1.59. The molecule has 0 spiro atoms. The molecule has 25 heavy (non-hydrogen) atoms. The Labute approximate surface area is 145 Å². The van der Waals surface area contributed by atoms with Crippen molar-refractivity contribution in [1.29, 1.82) is 0 Å². The van der Waals surface area contributed by atoms with E-state index in [1.165, 1.54) is 11.0 Å².